The summed E-state index contributed by atoms with van der Waals surface area (Å²) in [5, 5.41) is 8.99. The number of aryl methyl sites for hydroxylation is 2. The molecule has 3 nitrogen and oxygen atoms in total. The van der Waals surface area contributed by atoms with Gasteiger partial charge in [0, 0.05) is 6.04 Å². The van der Waals surface area contributed by atoms with Crippen molar-refractivity contribution in [3.8, 4) is 0 Å². The third-order valence-electron chi connectivity index (χ3n) is 4.20. The van der Waals surface area contributed by atoms with E-state index >= 15 is 0 Å². The molecular formula is C17H27NO2. The summed E-state index contributed by atoms with van der Waals surface area (Å²) in [7, 11) is 0. The van der Waals surface area contributed by atoms with Crippen LogP contribution in [0.25, 0.3) is 0 Å². The van der Waals surface area contributed by atoms with Crippen LogP contribution in [-0.2, 0) is 4.79 Å². The second-order valence-electron chi connectivity index (χ2n) is 6.72. The third kappa shape index (κ3) is 3.83. The molecule has 0 aliphatic rings. The SMILES string of the molecule is Cc1cc(C)c(C)c(C(N)CC(C)(C)CC(=O)O)c1C. The lowest BCUT2D eigenvalue weighted by Crippen LogP contribution is -2.25. The summed E-state index contributed by atoms with van der Waals surface area (Å²) >= 11 is 0. The quantitative estimate of drug-likeness (QED) is 0.860. The molecule has 0 radical (unpaired) electrons. The van der Waals surface area contributed by atoms with Crippen LogP contribution in [0.15, 0.2) is 6.07 Å². The molecule has 1 aromatic carbocycles. The molecule has 0 aliphatic heterocycles. The largest absolute Gasteiger partial charge is 0.481 e. The number of aliphatic carboxylic acids is 1. The van der Waals surface area contributed by atoms with Crippen molar-refractivity contribution < 1.29 is 9.90 Å². The van der Waals surface area contributed by atoms with E-state index in [1.54, 1.807) is 0 Å². The Balaban J connectivity index is 3.10. The fraction of sp³-hybridized carbons (Fsp3) is 0.588. The molecule has 112 valence electrons. The van der Waals surface area contributed by atoms with Gasteiger partial charge in [-0.3, -0.25) is 4.79 Å². The first-order valence-corrected chi connectivity index (χ1v) is 7.10. The molecular weight excluding hydrogens is 250 g/mol. The van der Waals surface area contributed by atoms with Crippen LogP contribution in [0.2, 0.25) is 0 Å². The van der Waals surface area contributed by atoms with E-state index < -0.39 is 5.97 Å². The standard InChI is InChI=1S/C17H27NO2/c1-10-7-11(2)13(4)16(12(10)3)14(18)8-17(5,6)9-15(19)20/h7,14H,8-9,18H2,1-6H3,(H,19,20). The van der Waals surface area contributed by atoms with E-state index in [2.05, 4.69) is 33.8 Å². The Bertz CT molecular complexity index is 492. The molecule has 0 aliphatic carbocycles. The lowest BCUT2D eigenvalue weighted by atomic mass is 9.78. The molecule has 3 heteroatoms. The summed E-state index contributed by atoms with van der Waals surface area (Å²) in [4.78, 5) is 10.9. The number of carboxylic acid groups (broad SMARTS) is 1. The van der Waals surface area contributed by atoms with Gasteiger partial charge in [0.05, 0.1) is 6.42 Å². The summed E-state index contributed by atoms with van der Waals surface area (Å²) in [6.07, 6.45) is 0.813. The molecule has 1 atom stereocenters. The highest BCUT2D eigenvalue weighted by molar-refractivity contribution is 5.67. The first kappa shape index (κ1) is 16.7. The number of hydrogen-bond donors (Lipinski definition) is 2. The number of carbonyl (C=O) groups is 1. The predicted molar refractivity (Wildman–Crippen MR) is 83.0 cm³/mol. The fourth-order valence-corrected chi connectivity index (χ4v) is 2.98. The van der Waals surface area contributed by atoms with Gasteiger partial charge in [0.2, 0.25) is 0 Å². The van der Waals surface area contributed by atoms with Crippen LogP contribution < -0.4 is 5.73 Å². The van der Waals surface area contributed by atoms with E-state index in [1.165, 1.54) is 27.8 Å². The molecule has 0 heterocycles. The Morgan fingerprint density at radius 3 is 2.05 bits per heavy atom. The molecule has 0 saturated heterocycles. The Kier molecular flexibility index (Phi) is 4.98. The van der Waals surface area contributed by atoms with Crippen molar-refractivity contribution in [1.29, 1.82) is 0 Å². The van der Waals surface area contributed by atoms with Gasteiger partial charge in [-0.15, -0.1) is 0 Å². The summed E-state index contributed by atoms with van der Waals surface area (Å²) < 4.78 is 0. The van der Waals surface area contributed by atoms with Gasteiger partial charge in [-0.05, 0) is 67.3 Å². The van der Waals surface area contributed by atoms with Gasteiger partial charge in [-0.2, -0.15) is 0 Å². The van der Waals surface area contributed by atoms with Crippen LogP contribution in [0.5, 0.6) is 0 Å². The maximum absolute atomic E-state index is 10.9. The number of nitrogens with two attached hydrogens (primary N) is 1. The van der Waals surface area contributed by atoms with Gasteiger partial charge in [-0.1, -0.05) is 19.9 Å². The molecule has 0 amide bonds. The van der Waals surface area contributed by atoms with E-state index in [4.69, 9.17) is 10.8 Å². The zero-order chi connectivity index (χ0) is 15.7. The van der Waals surface area contributed by atoms with Crippen molar-refractivity contribution in [3.05, 3.63) is 33.9 Å². The molecule has 0 saturated carbocycles. The zero-order valence-corrected chi connectivity index (χ0v) is 13.5. The lowest BCUT2D eigenvalue weighted by molar-refractivity contribution is -0.139. The minimum Gasteiger partial charge on any atom is -0.481 e. The molecule has 0 spiro atoms. The Hall–Kier alpha value is -1.35. The second-order valence-corrected chi connectivity index (χ2v) is 6.72. The number of carboxylic acids is 1. The summed E-state index contributed by atoms with van der Waals surface area (Å²) in [5.41, 5.74) is 12.2. The third-order valence-corrected chi connectivity index (χ3v) is 4.20. The van der Waals surface area contributed by atoms with Crippen molar-refractivity contribution in [2.24, 2.45) is 11.1 Å². The normalized spacial score (nSPS) is 13.3. The van der Waals surface area contributed by atoms with Crippen LogP contribution in [0.1, 0.15) is 60.5 Å². The van der Waals surface area contributed by atoms with Gasteiger partial charge in [0.25, 0.3) is 0 Å². The van der Waals surface area contributed by atoms with Crippen molar-refractivity contribution in [2.75, 3.05) is 0 Å². The number of hydrogen-bond acceptors (Lipinski definition) is 2. The maximum atomic E-state index is 10.9. The zero-order valence-electron chi connectivity index (χ0n) is 13.5. The maximum Gasteiger partial charge on any atom is 0.303 e. The van der Waals surface area contributed by atoms with Crippen LogP contribution in [0, 0.1) is 33.1 Å². The number of benzene rings is 1. The topological polar surface area (TPSA) is 63.3 Å². The lowest BCUT2D eigenvalue weighted by Gasteiger charge is -2.29. The van der Waals surface area contributed by atoms with Gasteiger partial charge >= 0.3 is 5.97 Å². The Morgan fingerprint density at radius 1 is 1.20 bits per heavy atom. The summed E-state index contributed by atoms with van der Waals surface area (Å²) in [6, 6.07) is 2.06. The van der Waals surface area contributed by atoms with E-state index in [-0.39, 0.29) is 17.9 Å². The van der Waals surface area contributed by atoms with E-state index in [1.807, 2.05) is 13.8 Å². The van der Waals surface area contributed by atoms with Gasteiger partial charge in [0.15, 0.2) is 0 Å². The van der Waals surface area contributed by atoms with Crippen LogP contribution >= 0.6 is 0 Å². The fourth-order valence-electron chi connectivity index (χ4n) is 2.98. The molecule has 0 aromatic heterocycles. The molecule has 3 N–H and O–H groups in total. The molecule has 20 heavy (non-hydrogen) atoms. The van der Waals surface area contributed by atoms with Crippen molar-refractivity contribution in [3.63, 3.8) is 0 Å². The monoisotopic (exact) mass is 277 g/mol. The molecule has 0 fully saturated rings. The van der Waals surface area contributed by atoms with E-state index in [0.717, 1.165) is 0 Å². The summed E-state index contributed by atoms with van der Waals surface area (Å²) in [5.74, 6) is -0.768. The smallest absolute Gasteiger partial charge is 0.303 e. The van der Waals surface area contributed by atoms with Crippen LogP contribution in [-0.4, -0.2) is 11.1 Å². The Morgan fingerprint density at radius 2 is 1.65 bits per heavy atom. The van der Waals surface area contributed by atoms with Crippen molar-refractivity contribution in [2.45, 2.75) is 60.4 Å². The molecule has 0 bridgehead atoms. The minimum absolute atomic E-state index is 0.122. The number of rotatable bonds is 5. The van der Waals surface area contributed by atoms with Gasteiger partial charge in [0.1, 0.15) is 0 Å². The van der Waals surface area contributed by atoms with E-state index in [9.17, 15) is 4.79 Å². The summed E-state index contributed by atoms with van der Waals surface area (Å²) in [6.45, 7) is 12.3. The minimum atomic E-state index is -0.768. The Labute approximate surface area is 122 Å². The highest BCUT2D eigenvalue weighted by atomic mass is 16.4. The molecule has 1 rings (SSSR count). The average Bonchev–Trinajstić information content (AvgIpc) is 2.23. The van der Waals surface area contributed by atoms with Gasteiger partial charge in [-0.25, -0.2) is 0 Å². The van der Waals surface area contributed by atoms with Crippen LogP contribution in [0.3, 0.4) is 0 Å². The van der Waals surface area contributed by atoms with Crippen molar-refractivity contribution in [1.82, 2.24) is 0 Å². The highest BCUT2D eigenvalue weighted by Crippen LogP contribution is 2.35. The molecule has 1 aromatic rings. The van der Waals surface area contributed by atoms with E-state index in [0.29, 0.717) is 6.42 Å². The average molecular weight is 277 g/mol. The first-order valence-electron chi connectivity index (χ1n) is 7.10. The molecule has 1 unspecified atom stereocenters. The van der Waals surface area contributed by atoms with Gasteiger partial charge < -0.3 is 10.8 Å². The van der Waals surface area contributed by atoms with Crippen molar-refractivity contribution >= 4 is 5.97 Å². The van der Waals surface area contributed by atoms with Crippen LogP contribution in [0.4, 0.5) is 0 Å². The first-order chi connectivity index (χ1) is 9.05. The second kappa shape index (κ2) is 5.96. The predicted octanol–water partition coefficient (Wildman–Crippen LogP) is 3.81. The highest BCUT2D eigenvalue weighted by Gasteiger charge is 2.27.